The molecule has 2 rings (SSSR count). The molecule has 0 saturated carbocycles. The van der Waals surface area contributed by atoms with Gasteiger partial charge in [0, 0.05) is 23.7 Å². The number of nitrogens with zero attached hydrogens (tertiary/aromatic N) is 2. The number of aliphatic carboxylic acids is 1. The van der Waals surface area contributed by atoms with E-state index in [1.165, 1.54) is 11.8 Å². The maximum Gasteiger partial charge on any atom is 0.321 e. The van der Waals surface area contributed by atoms with Crippen molar-refractivity contribution in [3.8, 4) is 6.07 Å². The molecule has 7 heteroatoms. The summed E-state index contributed by atoms with van der Waals surface area (Å²) in [6.45, 7) is 2.66. The second-order valence-electron chi connectivity index (χ2n) is 5.89. The van der Waals surface area contributed by atoms with Gasteiger partial charge in [-0.2, -0.15) is 5.26 Å². The molecule has 24 heavy (non-hydrogen) atoms. The number of amides is 2. The summed E-state index contributed by atoms with van der Waals surface area (Å²) in [6.07, 6.45) is 1.30. The van der Waals surface area contributed by atoms with Crippen molar-refractivity contribution in [3.63, 3.8) is 0 Å². The number of piperidine rings is 1. The van der Waals surface area contributed by atoms with E-state index in [0.717, 1.165) is 4.90 Å². The zero-order valence-corrected chi connectivity index (χ0v) is 14.4. The SMILES string of the molecule is CC(C#N)CSc1ccccc1NC(=O)N1CCCC(C(=O)O)C1. The van der Waals surface area contributed by atoms with E-state index in [1.807, 2.05) is 31.2 Å². The van der Waals surface area contributed by atoms with Gasteiger partial charge in [0.25, 0.3) is 0 Å². The summed E-state index contributed by atoms with van der Waals surface area (Å²) >= 11 is 1.52. The highest BCUT2D eigenvalue weighted by molar-refractivity contribution is 7.99. The number of carbonyl (C=O) groups excluding carboxylic acids is 1. The first-order chi connectivity index (χ1) is 11.5. The molecule has 0 radical (unpaired) electrons. The Bertz CT molecular complexity index is 644. The van der Waals surface area contributed by atoms with Crippen LogP contribution >= 0.6 is 11.8 Å². The lowest BCUT2D eigenvalue weighted by atomic mass is 9.99. The van der Waals surface area contributed by atoms with E-state index in [9.17, 15) is 9.59 Å². The molecular weight excluding hydrogens is 326 g/mol. The molecule has 1 saturated heterocycles. The Kier molecular flexibility index (Phi) is 6.50. The molecule has 1 heterocycles. The second-order valence-corrected chi connectivity index (χ2v) is 6.95. The van der Waals surface area contributed by atoms with Gasteiger partial charge >= 0.3 is 12.0 Å². The average Bonchev–Trinajstić information content (AvgIpc) is 2.60. The van der Waals surface area contributed by atoms with Gasteiger partial charge in [-0.05, 0) is 31.9 Å². The molecule has 1 aromatic carbocycles. The van der Waals surface area contributed by atoms with Crippen LogP contribution in [-0.4, -0.2) is 40.8 Å². The van der Waals surface area contributed by atoms with Crippen LogP contribution in [0.15, 0.2) is 29.2 Å². The zero-order chi connectivity index (χ0) is 17.5. The zero-order valence-electron chi connectivity index (χ0n) is 13.6. The Morgan fingerprint density at radius 3 is 2.96 bits per heavy atom. The van der Waals surface area contributed by atoms with Gasteiger partial charge in [0.05, 0.1) is 23.6 Å². The fourth-order valence-corrected chi connectivity index (χ4v) is 3.46. The van der Waals surface area contributed by atoms with Crippen LogP contribution in [0.1, 0.15) is 19.8 Å². The fraction of sp³-hybridized carbons (Fsp3) is 0.471. The molecule has 1 aliphatic heterocycles. The molecule has 0 aromatic heterocycles. The van der Waals surface area contributed by atoms with Crippen molar-refractivity contribution in [2.24, 2.45) is 11.8 Å². The topological polar surface area (TPSA) is 93.4 Å². The standard InChI is InChI=1S/C17H21N3O3S/c1-12(9-18)11-24-15-7-3-2-6-14(15)19-17(23)20-8-4-5-13(10-20)16(21)22/h2-3,6-7,12-13H,4-5,8,10-11H2,1H3,(H,19,23)(H,21,22). The number of carbonyl (C=O) groups is 2. The van der Waals surface area contributed by atoms with E-state index in [-0.39, 0.29) is 18.5 Å². The Morgan fingerprint density at radius 1 is 1.50 bits per heavy atom. The van der Waals surface area contributed by atoms with E-state index in [0.29, 0.717) is 30.8 Å². The number of para-hydroxylation sites is 1. The smallest absolute Gasteiger partial charge is 0.321 e. The van der Waals surface area contributed by atoms with Gasteiger partial charge in [0.2, 0.25) is 0 Å². The third kappa shape index (κ3) is 4.90. The summed E-state index contributed by atoms with van der Waals surface area (Å²) in [5, 5.41) is 20.9. The highest BCUT2D eigenvalue weighted by Crippen LogP contribution is 2.29. The Balaban J connectivity index is 2.01. The van der Waals surface area contributed by atoms with Crippen LogP contribution in [0.5, 0.6) is 0 Å². The van der Waals surface area contributed by atoms with Gasteiger partial charge in [0.15, 0.2) is 0 Å². The molecule has 2 atom stereocenters. The number of anilines is 1. The fourth-order valence-electron chi connectivity index (χ4n) is 2.51. The molecule has 1 fully saturated rings. The van der Waals surface area contributed by atoms with Crippen molar-refractivity contribution in [2.45, 2.75) is 24.7 Å². The summed E-state index contributed by atoms with van der Waals surface area (Å²) in [5.74, 6) is -0.773. The van der Waals surface area contributed by atoms with Crippen molar-refractivity contribution in [1.82, 2.24) is 4.90 Å². The van der Waals surface area contributed by atoms with Crippen molar-refractivity contribution < 1.29 is 14.7 Å². The Morgan fingerprint density at radius 2 is 2.25 bits per heavy atom. The number of thioether (sulfide) groups is 1. The van der Waals surface area contributed by atoms with E-state index < -0.39 is 11.9 Å². The predicted octanol–water partition coefficient (Wildman–Crippen LogP) is 3.27. The molecule has 0 bridgehead atoms. The van der Waals surface area contributed by atoms with Gasteiger partial charge in [-0.3, -0.25) is 4.79 Å². The lowest BCUT2D eigenvalue weighted by molar-refractivity contribution is -0.143. The number of nitriles is 1. The van der Waals surface area contributed by atoms with Gasteiger partial charge in [0.1, 0.15) is 0 Å². The Hall–Kier alpha value is -2.20. The number of hydrogen-bond donors (Lipinski definition) is 2. The number of carboxylic acid groups (broad SMARTS) is 1. The monoisotopic (exact) mass is 347 g/mol. The summed E-state index contributed by atoms with van der Waals surface area (Å²) in [6, 6.07) is 9.36. The lowest BCUT2D eigenvalue weighted by Gasteiger charge is -2.31. The maximum absolute atomic E-state index is 12.4. The van der Waals surface area contributed by atoms with E-state index in [4.69, 9.17) is 10.4 Å². The predicted molar refractivity (Wildman–Crippen MR) is 92.9 cm³/mol. The van der Waals surface area contributed by atoms with Crippen molar-refractivity contribution in [1.29, 1.82) is 5.26 Å². The first-order valence-corrected chi connectivity index (χ1v) is 8.90. The van der Waals surface area contributed by atoms with Crippen LogP contribution < -0.4 is 5.32 Å². The number of nitrogens with one attached hydrogen (secondary N) is 1. The minimum Gasteiger partial charge on any atom is -0.481 e. The van der Waals surface area contributed by atoms with Gasteiger partial charge < -0.3 is 15.3 Å². The lowest BCUT2D eigenvalue weighted by Crippen LogP contribution is -2.44. The minimum atomic E-state index is -0.853. The average molecular weight is 347 g/mol. The van der Waals surface area contributed by atoms with E-state index in [2.05, 4.69) is 11.4 Å². The summed E-state index contributed by atoms with van der Waals surface area (Å²) in [5.41, 5.74) is 0.690. The molecule has 128 valence electrons. The van der Waals surface area contributed by atoms with E-state index >= 15 is 0 Å². The normalized spacial score (nSPS) is 18.5. The number of benzene rings is 1. The second kappa shape index (κ2) is 8.60. The molecular formula is C17H21N3O3S. The van der Waals surface area contributed by atoms with Crippen molar-refractivity contribution in [3.05, 3.63) is 24.3 Å². The van der Waals surface area contributed by atoms with Crippen molar-refractivity contribution >= 4 is 29.4 Å². The van der Waals surface area contributed by atoms with E-state index in [1.54, 1.807) is 4.90 Å². The highest BCUT2D eigenvalue weighted by Gasteiger charge is 2.28. The van der Waals surface area contributed by atoms with Crippen LogP contribution in [0, 0.1) is 23.2 Å². The number of carboxylic acids is 1. The highest BCUT2D eigenvalue weighted by atomic mass is 32.2. The summed E-state index contributed by atoms with van der Waals surface area (Å²) < 4.78 is 0. The molecule has 2 amide bonds. The van der Waals surface area contributed by atoms with Crippen LogP contribution in [0.25, 0.3) is 0 Å². The number of likely N-dealkylation sites (tertiary alicyclic amines) is 1. The molecule has 2 unspecified atom stereocenters. The third-order valence-electron chi connectivity index (χ3n) is 3.90. The van der Waals surface area contributed by atoms with Gasteiger partial charge in [-0.25, -0.2) is 4.79 Å². The first kappa shape index (κ1) is 18.1. The minimum absolute atomic E-state index is 0.0721. The largest absolute Gasteiger partial charge is 0.481 e. The van der Waals surface area contributed by atoms with Gasteiger partial charge in [-0.1, -0.05) is 12.1 Å². The summed E-state index contributed by atoms with van der Waals surface area (Å²) in [7, 11) is 0. The summed E-state index contributed by atoms with van der Waals surface area (Å²) in [4.78, 5) is 26.0. The Labute approximate surface area is 145 Å². The molecule has 2 N–H and O–H groups in total. The number of hydrogen-bond acceptors (Lipinski definition) is 4. The number of urea groups is 1. The molecule has 1 aliphatic rings. The van der Waals surface area contributed by atoms with Gasteiger partial charge in [-0.15, -0.1) is 11.8 Å². The van der Waals surface area contributed by atoms with Crippen molar-refractivity contribution in [2.75, 3.05) is 24.2 Å². The maximum atomic E-state index is 12.4. The quantitative estimate of drug-likeness (QED) is 0.797. The molecule has 1 aromatic rings. The molecule has 0 aliphatic carbocycles. The third-order valence-corrected chi connectivity index (χ3v) is 5.23. The van der Waals surface area contributed by atoms with Crippen LogP contribution in [0.2, 0.25) is 0 Å². The molecule has 0 spiro atoms. The molecule has 6 nitrogen and oxygen atoms in total. The number of rotatable bonds is 5. The van der Waals surface area contributed by atoms with Crippen LogP contribution in [0.3, 0.4) is 0 Å². The first-order valence-electron chi connectivity index (χ1n) is 7.91. The van der Waals surface area contributed by atoms with Crippen LogP contribution in [0.4, 0.5) is 10.5 Å². The van der Waals surface area contributed by atoms with Crippen LogP contribution in [-0.2, 0) is 4.79 Å².